The van der Waals surface area contributed by atoms with Crippen LogP contribution in [0, 0.1) is 5.82 Å². The molecule has 18 heavy (non-hydrogen) atoms. The van der Waals surface area contributed by atoms with Crippen molar-refractivity contribution in [2.45, 2.75) is 38.9 Å². The largest absolute Gasteiger partial charge is 0.397 e. The molecule has 0 bridgehead atoms. The molecule has 0 amide bonds. The molecule has 6 heteroatoms. The molecule has 0 aliphatic heterocycles. The van der Waals surface area contributed by atoms with E-state index in [0.29, 0.717) is 0 Å². The third kappa shape index (κ3) is 4.84. The van der Waals surface area contributed by atoms with E-state index in [-0.39, 0.29) is 16.2 Å². The lowest BCUT2D eigenvalue weighted by Gasteiger charge is -2.31. The normalized spacial score (nSPS) is 11.8. The molecule has 0 atom stereocenters. The van der Waals surface area contributed by atoms with Crippen molar-refractivity contribution >= 4 is 30.6 Å². The summed E-state index contributed by atoms with van der Waals surface area (Å²) in [6.07, 6.45) is 0. The van der Waals surface area contributed by atoms with Crippen molar-refractivity contribution in [2.24, 2.45) is 0 Å². The zero-order chi connectivity index (χ0) is 14.7. The lowest BCUT2D eigenvalue weighted by atomic mass is 9.90. The third-order valence-corrected chi connectivity index (χ3v) is 3.02. The molecule has 3 nitrogen and oxygen atoms in total. The minimum absolute atomic E-state index is 0.0131. The molecule has 2 radical (unpaired) electrons. The first-order valence-corrected chi connectivity index (χ1v) is 5.69. The maximum absolute atomic E-state index is 12.7. The van der Waals surface area contributed by atoms with Crippen LogP contribution in [0.3, 0.4) is 0 Å². The molecule has 1 aromatic rings. The zero-order valence-electron chi connectivity index (χ0n) is 11.0. The molecule has 0 fully saturated rings. The average Bonchev–Trinajstić information content (AvgIpc) is 2.19. The van der Waals surface area contributed by atoms with E-state index < -0.39 is 17.0 Å². The molecule has 100 valence electrons. The fourth-order valence-corrected chi connectivity index (χ4v) is 0.751. The van der Waals surface area contributed by atoms with Gasteiger partial charge >= 0.3 is 0 Å². The number of nitrogen functional groups attached to an aromatic ring is 1. The summed E-state index contributed by atoms with van der Waals surface area (Å²) in [5.74, 6) is -0.651. The average molecular weight is 274 g/mol. The van der Waals surface area contributed by atoms with Gasteiger partial charge in [0.2, 0.25) is 0 Å². The Balaban J connectivity index is 0.000000331. The summed E-state index contributed by atoms with van der Waals surface area (Å²) in [6.45, 7) is 6.31. The predicted molar refractivity (Wildman–Crippen MR) is 73.8 cm³/mol. The van der Waals surface area contributed by atoms with E-state index >= 15 is 0 Å². The van der Waals surface area contributed by atoms with Crippen LogP contribution in [0.15, 0.2) is 12.1 Å². The minimum atomic E-state index is -1.01. The maximum Gasteiger partial charge on any atom is 0.136 e. The molecule has 4 N–H and O–H groups in total. The number of anilines is 1. The monoisotopic (exact) mass is 273 g/mol. The smallest absolute Gasteiger partial charge is 0.136 e. The Morgan fingerprint density at radius 1 is 1.17 bits per heavy atom. The van der Waals surface area contributed by atoms with Gasteiger partial charge in [0.15, 0.2) is 0 Å². The van der Waals surface area contributed by atoms with E-state index in [1.807, 2.05) is 0 Å². The number of halogens is 2. The molecule has 0 aliphatic rings. The molecule has 1 rings (SSSR count). The molecule has 0 aliphatic carbocycles. The fraction of sp³-hybridized carbons (Fsp3) is 0.500. The molecule has 1 aromatic carbocycles. The van der Waals surface area contributed by atoms with E-state index in [9.17, 15) is 4.39 Å². The number of hydrogen-bond donors (Lipinski definition) is 3. The summed E-state index contributed by atoms with van der Waals surface area (Å²) in [4.78, 5) is 0. The van der Waals surface area contributed by atoms with Crippen molar-refractivity contribution in [2.75, 3.05) is 5.73 Å². The molecule has 0 saturated heterocycles. The summed E-state index contributed by atoms with van der Waals surface area (Å²) in [7, 11) is 5.17. The number of benzene rings is 1. The van der Waals surface area contributed by atoms with Gasteiger partial charge in [-0.05, 0) is 33.8 Å². The molecule has 0 heterocycles. The summed E-state index contributed by atoms with van der Waals surface area (Å²) in [6, 6.07) is 2.83. The Hall–Kier alpha value is -0.775. The fourth-order valence-electron chi connectivity index (χ4n) is 0.579. The quantitative estimate of drug-likeness (QED) is 0.535. The summed E-state index contributed by atoms with van der Waals surface area (Å²) < 4.78 is 12.7. The SMILES string of the molecule is CC(C)(O)C(C)(C)O.[B]c1ccc(N)c(Cl)c1F. The van der Waals surface area contributed by atoms with Gasteiger partial charge in [-0.15, -0.1) is 0 Å². The molecule has 0 spiro atoms. The van der Waals surface area contributed by atoms with Crippen LogP contribution in [-0.4, -0.2) is 29.3 Å². The van der Waals surface area contributed by atoms with Crippen LogP contribution in [-0.2, 0) is 0 Å². The first kappa shape index (κ1) is 17.2. The summed E-state index contributed by atoms with van der Waals surface area (Å²) in [5, 5.41) is 18.1. The Kier molecular flexibility index (Phi) is 5.66. The number of hydrogen-bond acceptors (Lipinski definition) is 3. The number of aliphatic hydroxyl groups is 2. The van der Waals surface area contributed by atoms with Gasteiger partial charge in [-0.25, -0.2) is 4.39 Å². The Morgan fingerprint density at radius 3 is 1.83 bits per heavy atom. The van der Waals surface area contributed by atoms with Crippen LogP contribution < -0.4 is 11.2 Å². The third-order valence-electron chi connectivity index (χ3n) is 2.64. The molecular formula is C12H18BClFNO2. The van der Waals surface area contributed by atoms with Crippen molar-refractivity contribution in [3.05, 3.63) is 23.0 Å². The maximum atomic E-state index is 12.7. The van der Waals surface area contributed by atoms with Crippen LogP contribution in [0.2, 0.25) is 5.02 Å². The van der Waals surface area contributed by atoms with Gasteiger partial charge in [-0.3, -0.25) is 0 Å². The van der Waals surface area contributed by atoms with Gasteiger partial charge in [-0.1, -0.05) is 23.1 Å². The Labute approximate surface area is 113 Å². The highest BCUT2D eigenvalue weighted by molar-refractivity contribution is 6.37. The minimum Gasteiger partial charge on any atom is -0.397 e. The molecule has 0 saturated carbocycles. The van der Waals surface area contributed by atoms with Crippen LogP contribution in [0.5, 0.6) is 0 Å². The lowest BCUT2D eigenvalue weighted by molar-refractivity contribution is -0.107. The lowest BCUT2D eigenvalue weighted by Crippen LogP contribution is -2.44. The second kappa shape index (κ2) is 5.91. The van der Waals surface area contributed by atoms with E-state index in [0.717, 1.165) is 0 Å². The van der Waals surface area contributed by atoms with Gasteiger partial charge in [0, 0.05) is 0 Å². The summed E-state index contributed by atoms with van der Waals surface area (Å²) >= 11 is 5.40. The first-order valence-electron chi connectivity index (χ1n) is 5.31. The Morgan fingerprint density at radius 2 is 1.56 bits per heavy atom. The van der Waals surface area contributed by atoms with Gasteiger partial charge < -0.3 is 15.9 Å². The van der Waals surface area contributed by atoms with Gasteiger partial charge in [0.25, 0.3) is 0 Å². The van der Waals surface area contributed by atoms with Crippen molar-refractivity contribution in [1.82, 2.24) is 0 Å². The molecule has 0 aromatic heterocycles. The van der Waals surface area contributed by atoms with Crippen LogP contribution >= 0.6 is 11.6 Å². The van der Waals surface area contributed by atoms with E-state index in [4.69, 9.17) is 35.4 Å². The van der Waals surface area contributed by atoms with Crippen LogP contribution in [0.1, 0.15) is 27.7 Å². The van der Waals surface area contributed by atoms with Gasteiger partial charge in [0.1, 0.15) is 13.7 Å². The zero-order valence-corrected chi connectivity index (χ0v) is 11.7. The number of nitrogens with two attached hydrogens (primary N) is 1. The van der Waals surface area contributed by atoms with Gasteiger partial charge in [-0.2, -0.15) is 0 Å². The highest BCUT2D eigenvalue weighted by Gasteiger charge is 2.31. The van der Waals surface area contributed by atoms with E-state index in [1.54, 1.807) is 27.7 Å². The highest BCUT2D eigenvalue weighted by atomic mass is 35.5. The van der Waals surface area contributed by atoms with E-state index in [2.05, 4.69) is 0 Å². The second-order valence-corrected chi connectivity index (χ2v) is 5.37. The number of rotatable bonds is 1. The standard InChI is InChI=1S/C6H4BClFN.C6H14O2/c7-3-1-2-4(10)5(8)6(3)9;1-5(2,7)6(3,4)8/h1-2H,10H2;7-8H,1-4H3. The van der Waals surface area contributed by atoms with Crippen LogP contribution in [0.25, 0.3) is 0 Å². The topological polar surface area (TPSA) is 66.5 Å². The van der Waals surface area contributed by atoms with Gasteiger partial charge in [0.05, 0.1) is 21.9 Å². The highest BCUT2D eigenvalue weighted by Crippen LogP contribution is 2.19. The predicted octanol–water partition coefficient (Wildman–Crippen LogP) is 1.38. The molecular weight excluding hydrogens is 255 g/mol. The van der Waals surface area contributed by atoms with Crippen molar-refractivity contribution in [3.8, 4) is 0 Å². The first-order chi connectivity index (χ1) is 7.88. The second-order valence-electron chi connectivity index (χ2n) is 4.99. The van der Waals surface area contributed by atoms with Crippen molar-refractivity contribution in [1.29, 1.82) is 0 Å². The van der Waals surface area contributed by atoms with Crippen molar-refractivity contribution in [3.63, 3.8) is 0 Å². The van der Waals surface area contributed by atoms with E-state index in [1.165, 1.54) is 12.1 Å². The van der Waals surface area contributed by atoms with Crippen LogP contribution in [0.4, 0.5) is 10.1 Å². The molecule has 0 unspecified atom stereocenters. The Bertz CT molecular complexity index is 375. The summed E-state index contributed by atoms with van der Waals surface area (Å²) in [5.41, 5.74) is 3.46. The van der Waals surface area contributed by atoms with Crippen molar-refractivity contribution < 1.29 is 14.6 Å².